The van der Waals surface area contributed by atoms with Crippen molar-refractivity contribution in [3.05, 3.63) is 64.1 Å². The minimum absolute atomic E-state index is 0.145. The SMILES string of the molecule is O=S(=O)(/N=C\c1ccc(Cl)c(Cl)c1)c1ccccc1. The number of sulfonamides is 1. The highest BCUT2D eigenvalue weighted by Crippen LogP contribution is 2.22. The minimum atomic E-state index is -3.69. The van der Waals surface area contributed by atoms with Crippen molar-refractivity contribution in [1.82, 2.24) is 0 Å². The van der Waals surface area contributed by atoms with Gasteiger partial charge < -0.3 is 0 Å². The first-order valence-corrected chi connectivity index (χ1v) is 7.49. The third kappa shape index (κ3) is 3.56. The van der Waals surface area contributed by atoms with Gasteiger partial charge in [0, 0.05) is 6.21 Å². The summed E-state index contributed by atoms with van der Waals surface area (Å²) in [5, 5.41) is 0.757. The van der Waals surface area contributed by atoms with E-state index in [-0.39, 0.29) is 4.90 Å². The van der Waals surface area contributed by atoms with Gasteiger partial charge in [-0.1, -0.05) is 47.5 Å². The maximum atomic E-state index is 11.9. The first kappa shape index (κ1) is 14.1. The van der Waals surface area contributed by atoms with Crippen LogP contribution in [0.4, 0.5) is 0 Å². The van der Waals surface area contributed by atoms with Crippen molar-refractivity contribution < 1.29 is 8.42 Å². The van der Waals surface area contributed by atoms with Gasteiger partial charge >= 0.3 is 0 Å². The average molecular weight is 314 g/mol. The monoisotopic (exact) mass is 313 g/mol. The van der Waals surface area contributed by atoms with Crippen molar-refractivity contribution in [2.45, 2.75) is 4.90 Å². The zero-order valence-electron chi connectivity index (χ0n) is 9.62. The molecule has 0 fully saturated rings. The van der Waals surface area contributed by atoms with Gasteiger partial charge in [0.15, 0.2) is 0 Å². The third-order valence-corrected chi connectivity index (χ3v) is 4.32. The third-order valence-electron chi connectivity index (χ3n) is 2.33. The highest BCUT2D eigenvalue weighted by Gasteiger charge is 2.10. The van der Waals surface area contributed by atoms with E-state index in [1.165, 1.54) is 18.3 Å². The van der Waals surface area contributed by atoms with E-state index in [1.807, 2.05) is 0 Å². The van der Waals surface area contributed by atoms with Crippen LogP contribution in [-0.4, -0.2) is 14.6 Å². The van der Waals surface area contributed by atoms with Gasteiger partial charge in [-0.05, 0) is 29.8 Å². The molecular weight excluding hydrogens is 305 g/mol. The molecule has 2 aromatic rings. The molecule has 0 aliphatic rings. The van der Waals surface area contributed by atoms with Gasteiger partial charge in [-0.3, -0.25) is 0 Å². The quantitative estimate of drug-likeness (QED) is 0.809. The molecule has 98 valence electrons. The van der Waals surface area contributed by atoms with E-state index in [1.54, 1.807) is 36.4 Å². The number of nitrogens with zero attached hydrogens (tertiary/aromatic N) is 1. The molecule has 0 aliphatic heterocycles. The van der Waals surface area contributed by atoms with Crippen LogP contribution in [0.3, 0.4) is 0 Å². The molecule has 2 rings (SSSR count). The highest BCUT2D eigenvalue weighted by atomic mass is 35.5. The summed E-state index contributed by atoms with van der Waals surface area (Å²) in [6, 6.07) is 12.8. The summed E-state index contributed by atoms with van der Waals surface area (Å²) in [4.78, 5) is 0.145. The van der Waals surface area contributed by atoms with Gasteiger partial charge in [0.05, 0.1) is 14.9 Å². The van der Waals surface area contributed by atoms with Crippen LogP contribution < -0.4 is 0 Å². The molecule has 0 heterocycles. The van der Waals surface area contributed by atoms with E-state index < -0.39 is 10.0 Å². The Morgan fingerprint density at radius 1 is 0.947 bits per heavy atom. The normalized spacial score (nSPS) is 11.9. The molecular formula is C13H9Cl2NO2S. The van der Waals surface area contributed by atoms with Crippen LogP contribution in [-0.2, 0) is 10.0 Å². The first-order chi connectivity index (χ1) is 8.99. The standard InChI is InChI=1S/C13H9Cl2NO2S/c14-12-7-6-10(8-13(12)15)9-16-19(17,18)11-4-2-1-3-5-11/h1-9H/b16-9-. The minimum Gasteiger partial charge on any atom is -0.199 e. The predicted octanol–water partition coefficient (Wildman–Crippen LogP) is 3.80. The predicted molar refractivity (Wildman–Crippen MR) is 77.7 cm³/mol. The maximum absolute atomic E-state index is 11.9. The van der Waals surface area contributed by atoms with Crippen molar-refractivity contribution in [1.29, 1.82) is 0 Å². The van der Waals surface area contributed by atoms with Crippen LogP contribution in [0.1, 0.15) is 5.56 Å². The molecule has 19 heavy (non-hydrogen) atoms. The molecule has 0 spiro atoms. The van der Waals surface area contributed by atoms with Crippen molar-refractivity contribution in [2.24, 2.45) is 4.40 Å². The van der Waals surface area contributed by atoms with Crippen LogP contribution in [0.5, 0.6) is 0 Å². The highest BCUT2D eigenvalue weighted by molar-refractivity contribution is 7.90. The van der Waals surface area contributed by atoms with Crippen molar-refractivity contribution in [3.63, 3.8) is 0 Å². The van der Waals surface area contributed by atoms with Gasteiger partial charge in [-0.25, -0.2) is 0 Å². The average Bonchev–Trinajstić information content (AvgIpc) is 2.41. The fraction of sp³-hybridized carbons (Fsp3) is 0. The lowest BCUT2D eigenvalue weighted by molar-refractivity contribution is 0.598. The van der Waals surface area contributed by atoms with Gasteiger partial charge in [0.2, 0.25) is 0 Å². The molecule has 0 atom stereocenters. The molecule has 3 nitrogen and oxygen atoms in total. The number of benzene rings is 2. The van der Waals surface area contributed by atoms with Crippen molar-refractivity contribution in [3.8, 4) is 0 Å². The zero-order valence-corrected chi connectivity index (χ0v) is 12.0. The Balaban J connectivity index is 2.30. The summed E-state index contributed by atoms with van der Waals surface area (Å²) in [7, 11) is -3.69. The molecule has 0 aromatic heterocycles. The van der Waals surface area contributed by atoms with E-state index in [2.05, 4.69) is 4.40 Å². The van der Waals surface area contributed by atoms with Gasteiger partial charge in [-0.15, -0.1) is 0 Å². The summed E-state index contributed by atoms with van der Waals surface area (Å²) in [5.41, 5.74) is 0.564. The molecule has 0 unspecified atom stereocenters. The van der Waals surface area contributed by atoms with E-state index in [0.717, 1.165) is 0 Å². The summed E-state index contributed by atoms with van der Waals surface area (Å²) < 4.78 is 27.4. The molecule has 2 aromatic carbocycles. The van der Waals surface area contributed by atoms with E-state index in [9.17, 15) is 8.42 Å². The Bertz CT molecular complexity index is 713. The van der Waals surface area contributed by atoms with Crippen molar-refractivity contribution in [2.75, 3.05) is 0 Å². The lowest BCUT2D eigenvalue weighted by Crippen LogP contribution is -1.97. The Kier molecular flexibility index (Phi) is 4.24. The van der Waals surface area contributed by atoms with Crippen LogP contribution >= 0.6 is 23.2 Å². The Hall–Kier alpha value is -1.36. The largest absolute Gasteiger partial charge is 0.282 e. The van der Waals surface area contributed by atoms with Crippen LogP contribution in [0, 0.1) is 0 Å². The zero-order chi connectivity index (χ0) is 13.9. The number of rotatable bonds is 3. The van der Waals surface area contributed by atoms with Gasteiger partial charge in [0.1, 0.15) is 0 Å². The second kappa shape index (κ2) is 5.74. The summed E-state index contributed by atoms with van der Waals surface area (Å²) in [6.45, 7) is 0. The van der Waals surface area contributed by atoms with E-state index >= 15 is 0 Å². The van der Waals surface area contributed by atoms with Gasteiger partial charge in [0.25, 0.3) is 10.0 Å². The number of hydrogen-bond acceptors (Lipinski definition) is 2. The summed E-state index contributed by atoms with van der Waals surface area (Å²) in [6.07, 6.45) is 1.24. The number of halogens is 2. The summed E-state index contributed by atoms with van der Waals surface area (Å²) >= 11 is 11.6. The second-order valence-electron chi connectivity index (χ2n) is 3.70. The molecule has 0 saturated carbocycles. The number of hydrogen-bond donors (Lipinski definition) is 0. The fourth-order valence-corrected chi connectivity index (χ4v) is 2.57. The van der Waals surface area contributed by atoms with E-state index in [0.29, 0.717) is 15.6 Å². The molecule has 0 saturated heterocycles. The molecule has 0 aliphatic carbocycles. The van der Waals surface area contributed by atoms with Crippen LogP contribution in [0.15, 0.2) is 57.8 Å². The van der Waals surface area contributed by atoms with E-state index in [4.69, 9.17) is 23.2 Å². The molecule has 0 radical (unpaired) electrons. The molecule has 0 bridgehead atoms. The lowest BCUT2D eigenvalue weighted by atomic mass is 10.2. The smallest absolute Gasteiger partial charge is 0.199 e. The topological polar surface area (TPSA) is 46.5 Å². The van der Waals surface area contributed by atoms with Crippen LogP contribution in [0.25, 0.3) is 0 Å². The van der Waals surface area contributed by atoms with Crippen LogP contribution in [0.2, 0.25) is 10.0 Å². The molecule has 0 amide bonds. The second-order valence-corrected chi connectivity index (χ2v) is 6.14. The maximum Gasteiger partial charge on any atom is 0.282 e. The molecule has 0 N–H and O–H groups in total. The summed E-state index contributed by atoms with van der Waals surface area (Å²) in [5.74, 6) is 0. The lowest BCUT2D eigenvalue weighted by Gasteiger charge is -1.99. The first-order valence-electron chi connectivity index (χ1n) is 5.29. The molecule has 6 heteroatoms. The Labute approximate surface area is 121 Å². The Morgan fingerprint density at radius 3 is 2.26 bits per heavy atom. The fourth-order valence-electron chi connectivity index (χ4n) is 1.38. The Morgan fingerprint density at radius 2 is 1.63 bits per heavy atom. The van der Waals surface area contributed by atoms with Gasteiger partial charge in [-0.2, -0.15) is 12.8 Å². The van der Waals surface area contributed by atoms with Crippen molar-refractivity contribution >= 4 is 39.4 Å².